The molecular weight excluding hydrogens is 306 g/mol. The van der Waals surface area contributed by atoms with Crippen LogP contribution in [0.2, 0.25) is 5.02 Å². The first-order valence-corrected chi connectivity index (χ1v) is 8.46. The van der Waals surface area contributed by atoms with Gasteiger partial charge in [0.1, 0.15) is 0 Å². The maximum Gasteiger partial charge on any atom is 0.0847 e. The van der Waals surface area contributed by atoms with Crippen LogP contribution in [0.25, 0.3) is 0 Å². The van der Waals surface area contributed by atoms with Crippen molar-refractivity contribution in [3.05, 3.63) is 27.0 Å². The van der Waals surface area contributed by atoms with E-state index in [2.05, 4.69) is 33.8 Å². The number of hydrogen-bond acceptors (Lipinski definition) is 5. The van der Waals surface area contributed by atoms with Crippen LogP contribution in [0.3, 0.4) is 0 Å². The molecule has 2 aromatic heterocycles. The van der Waals surface area contributed by atoms with Crippen LogP contribution in [0.15, 0.2) is 0 Å². The number of aromatic nitrogens is 4. The highest BCUT2D eigenvalue weighted by Crippen LogP contribution is 2.28. The number of rotatable bonds is 7. The molecule has 7 heteroatoms. The Morgan fingerprint density at radius 3 is 2.71 bits per heavy atom. The second kappa shape index (κ2) is 7.33. The number of likely N-dealkylation sites (N-methyl/N-ethyl adjacent to an activating group) is 1. The third kappa shape index (κ3) is 3.62. The zero-order valence-corrected chi connectivity index (χ0v) is 14.6. The first-order chi connectivity index (χ1) is 10.1. The van der Waals surface area contributed by atoms with Crippen LogP contribution in [-0.2, 0) is 19.9 Å². The minimum Gasteiger partial charge on any atom is -0.309 e. The van der Waals surface area contributed by atoms with Crippen molar-refractivity contribution in [3.8, 4) is 0 Å². The van der Waals surface area contributed by atoms with E-state index in [4.69, 9.17) is 11.6 Å². The molecular formula is C14H22ClN5S. The van der Waals surface area contributed by atoms with E-state index in [1.807, 2.05) is 18.7 Å². The van der Waals surface area contributed by atoms with Gasteiger partial charge in [-0.3, -0.25) is 4.68 Å². The summed E-state index contributed by atoms with van der Waals surface area (Å²) in [6, 6.07) is 0.184. The van der Waals surface area contributed by atoms with E-state index in [0.29, 0.717) is 0 Å². The summed E-state index contributed by atoms with van der Waals surface area (Å²) in [7, 11) is 1.94. The Morgan fingerprint density at radius 1 is 1.38 bits per heavy atom. The standard InChI is InChI=1S/C14H22ClN5S/c1-5-7-10-14(21-19-17-10)11(16-6-2)8-12-13(15)9(3)18-20(12)4/h11,16H,5-8H2,1-4H3. The van der Waals surface area contributed by atoms with E-state index in [1.165, 1.54) is 16.4 Å². The van der Waals surface area contributed by atoms with Gasteiger partial charge < -0.3 is 5.32 Å². The Kier molecular flexibility index (Phi) is 5.72. The number of halogens is 1. The van der Waals surface area contributed by atoms with Gasteiger partial charge in [-0.15, -0.1) is 5.10 Å². The molecule has 2 rings (SSSR count). The monoisotopic (exact) mass is 327 g/mol. The molecule has 0 saturated heterocycles. The lowest BCUT2D eigenvalue weighted by Gasteiger charge is -2.17. The van der Waals surface area contributed by atoms with E-state index in [1.54, 1.807) is 0 Å². The van der Waals surface area contributed by atoms with Crippen LogP contribution in [0, 0.1) is 6.92 Å². The molecule has 0 radical (unpaired) electrons. The largest absolute Gasteiger partial charge is 0.309 e. The number of aryl methyl sites for hydroxylation is 3. The van der Waals surface area contributed by atoms with Gasteiger partial charge in [0.25, 0.3) is 0 Å². The molecule has 1 atom stereocenters. The van der Waals surface area contributed by atoms with Gasteiger partial charge in [0, 0.05) is 13.5 Å². The second-order valence-corrected chi connectivity index (χ2v) is 6.28. The Labute approximate surface area is 134 Å². The third-order valence-corrected chi connectivity index (χ3v) is 4.87. The highest BCUT2D eigenvalue weighted by atomic mass is 35.5. The first-order valence-electron chi connectivity index (χ1n) is 7.30. The summed E-state index contributed by atoms with van der Waals surface area (Å²) in [5.74, 6) is 0. The molecule has 0 fully saturated rings. The van der Waals surface area contributed by atoms with Crippen LogP contribution in [-0.4, -0.2) is 25.9 Å². The fourth-order valence-corrected chi connectivity index (χ4v) is 3.50. The zero-order chi connectivity index (χ0) is 15.4. The molecule has 116 valence electrons. The number of nitrogens with one attached hydrogen (secondary N) is 1. The van der Waals surface area contributed by atoms with Gasteiger partial charge in [-0.2, -0.15) is 5.10 Å². The number of nitrogens with zero attached hydrogens (tertiary/aromatic N) is 4. The van der Waals surface area contributed by atoms with Crippen molar-refractivity contribution in [1.82, 2.24) is 24.7 Å². The van der Waals surface area contributed by atoms with Crippen molar-refractivity contribution in [2.75, 3.05) is 6.54 Å². The van der Waals surface area contributed by atoms with Crippen molar-refractivity contribution < 1.29 is 0 Å². The molecule has 0 amide bonds. The quantitative estimate of drug-likeness (QED) is 0.849. The SMILES string of the molecule is CCCc1nnsc1C(Cc1c(Cl)c(C)nn1C)NCC. The van der Waals surface area contributed by atoms with Gasteiger partial charge in [-0.05, 0) is 31.4 Å². The first kappa shape index (κ1) is 16.4. The molecule has 1 unspecified atom stereocenters. The molecule has 0 aliphatic heterocycles. The predicted molar refractivity (Wildman–Crippen MR) is 87.0 cm³/mol. The topological polar surface area (TPSA) is 55.6 Å². The highest BCUT2D eigenvalue weighted by Gasteiger charge is 2.22. The van der Waals surface area contributed by atoms with Crippen molar-refractivity contribution in [2.24, 2.45) is 7.05 Å². The van der Waals surface area contributed by atoms with Crippen molar-refractivity contribution in [3.63, 3.8) is 0 Å². The van der Waals surface area contributed by atoms with Gasteiger partial charge in [0.15, 0.2) is 0 Å². The van der Waals surface area contributed by atoms with Gasteiger partial charge in [-0.25, -0.2) is 0 Å². The van der Waals surface area contributed by atoms with Gasteiger partial charge in [0.05, 0.1) is 33.0 Å². The second-order valence-electron chi connectivity index (χ2n) is 5.12. The predicted octanol–water partition coefficient (Wildman–Crippen LogP) is 3.08. The summed E-state index contributed by atoms with van der Waals surface area (Å²) in [4.78, 5) is 1.22. The summed E-state index contributed by atoms with van der Waals surface area (Å²) in [5, 5.41) is 13.0. The molecule has 0 spiro atoms. The summed E-state index contributed by atoms with van der Waals surface area (Å²) < 4.78 is 6.00. The molecule has 2 heterocycles. The molecule has 1 N–H and O–H groups in total. The summed E-state index contributed by atoms with van der Waals surface area (Å²) >= 11 is 7.86. The normalized spacial score (nSPS) is 12.8. The van der Waals surface area contributed by atoms with Crippen molar-refractivity contribution in [2.45, 2.75) is 46.1 Å². The number of hydrogen-bond donors (Lipinski definition) is 1. The molecule has 0 bridgehead atoms. The minimum absolute atomic E-state index is 0.184. The Bertz CT molecular complexity index is 592. The maximum absolute atomic E-state index is 6.38. The van der Waals surface area contributed by atoms with Crippen molar-refractivity contribution >= 4 is 23.1 Å². The Morgan fingerprint density at radius 2 is 2.14 bits per heavy atom. The zero-order valence-electron chi connectivity index (χ0n) is 13.0. The minimum atomic E-state index is 0.184. The fourth-order valence-electron chi connectivity index (χ4n) is 2.49. The van der Waals surface area contributed by atoms with E-state index >= 15 is 0 Å². The van der Waals surface area contributed by atoms with Crippen LogP contribution in [0.5, 0.6) is 0 Å². The van der Waals surface area contributed by atoms with Crippen LogP contribution in [0.4, 0.5) is 0 Å². The van der Waals surface area contributed by atoms with Gasteiger partial charge in [-0.1, -0.05) is 36.4 Å². The lowest BCUT2D eigenvalue weighted by atomic mass is 10.1. The average Bonchev–Trinajstić information content (AvgIpc) is 2.99. The van der Waals surface area contributed by atoms with E-state index in [-0.39, 0.29) is 6.04 Å². The molecule has 0 aliphatic rings. The average molecular weight is 328 g/mol. The molecule has 0 saturated carbocycles. The van der Waals surface area contributed by atoms with Crippen LogP contribution in [0.1, 0.15) is 48.3 Å². The summed E-state index contributed by atoms with van der Waals surface area (Å²) in [6.07, 6.45) is 2.83. The van der Waals surface area contributed by atoms with Gasteiger partial charge >= 0.3 is 0 Å². The molecule has 5 nitrogen and oxygen atoms in total. The lowest BCUT2D eigenvalue weighted by Crippen LogP contribution is -2.24. The molecule has 0 aromatic carbocycles. The molecule has 0 aliphatic carbocycles. The third-order valence-electron chi connectivity index (χ3n) is 3.50. The summed E-state index contributed by atoms with van der Waals surface area (Å²) in [6.45, 7) is 7.09. The van der Waals surface area contributed by atoms with Gasteiger partial charge in [0.2, 0.25) is 0 Å². The molecule has 2 aromatic rings. The van der Waals surface area contributed by atoms with Crippen LogP contribution >= 0.6 is 23.1 Å². The Hall–Kier alpha value is -0.980. The van der Waals surface area contributed by atoms with Crippen LogP contribution < -0.4 is 5.32 Å². The Balaban J connectivity index is 2.28. The molecule has 21 heavy (non-hydrogen) atoms. The summed E-state index contributed by atoms with van der Waals surface area (Å²) in [5.41, 5.74) is 3.03. The van der Waals surface area contributed by atoms with E-state index < -0.39 is 0 Å². The smallest absolute Gasteiger partial charge is 0.0847 e. The lowest BCUT2D eigenvalue weighted by molar-refractivity contribution is 0.531. The van der Waals surface area contributed by atoms with Crippen molar-refractivity contribution in [1.29, 1.82) is 0 Å². The fraction of sp³-hybridized carbons (Fsp3) is 0.643. The van der Waals surface area contributed by atoms with E-state index in [9.17, 15) is 0 Å². The highest BCUT2D eigenvalue weighted by molar-refractivity contribution is 7.05. The van der Waals surface area contributed by atoms with E-state index in [0.717, 1.165) is 47.9 Å². The maximum atomic E-state index is 6.38.